The Kier molecular flexibility index (Phi) is 6.73. The highest BCUT2D eigenvalue weighted by molar-refractivity contribution is 5.89. The number of aromatic nitrogens is 3. The first-order valence-electron chi connectivity index (χ1n) is 9.27. The molecule has 1 amide bonds. The summed E-state index contributed by atoms with van der Waals surface area (Å²) in [5.41, 5.74) is 1.67. The number of carbonyl (C=O) groups excluding carboxylic acids is 2. The van der Waals surface area contributed by atoms with E-state index in [4.69, 9.17) is 4.74 Å². The third-order valence-electron chi connectivity index (χ3n) is 4.43. The smallest absolute Gasteiger partial charge is 0.331 e. The molecule has 0 spiro atoms. The van der Waals surface area contributed by atoms with Gasteiger partial charge in [-0.1, -0.05) is 48.4 Å². The van der Waals surface area contributed by atoms with Crippen LogP contribution in [0.25, 0.3) is 6.08 Å². The molecule has 1 aliphatic rings. The van der Waals surface area contributed by atoms with Crippen LogP contribution in [0, 0.1) is 0 Å². The summed E-state index contributed by atoms with van der Waals surface area (Å²) in [6.45, 7) is 1.88. The number of esters is 1. The standard InChI is InChI=1S/C20H24N4O3/c25-19(23-12-6-1-2-7-13-23)16-27-20(26)11-10-18-15-24(22-21-18)14-17-8-4-3-5-9-17/h3-5,8-11,15H,1-2,6-7,12-14,16H2/b11-10+. The number of hydrogen-bond donors (Lipinski definition) is 0. The van der Waals surface area contributed by atoms with E-state index >= 15 is 0 Å². The lowest BCUT2D eigenvalue weighted by molar-refractivity contribution is -0.148. The van der Waals surface area contributed by atoms with Gasteiger partial charge in [-0.3, -0.25) is 4.79 Å². The van der Waals surface area contributed by atoms with Crippen molar-refractivity contribution < 1.29 is 14.3 Å². The van der Waals surface area contributed by atoms with Crippen LogP contribution in [0.1, 0.15) is 36.9 Å². The fourth-order valence-electron chi connectivity index (χ4n) is 2.98. The monoisotopic (exact) mass is 368 g/mol. The van der Waals surface area contributed by atoms with Gasteiger partial charge in [0.05, 0.1) is 12.7 Å². The fourth-order valence-corrected chi connectivity index (χ4v) is 2.98. The molecule has 7 heteroatoms. The predicted molar refractivity (Wildman–Crippen MR) is 101 cm³/mol. The van der Waals surface area contributed by atoms with E-state index in [1.165, 1.54) is 12.2 Å². The van der Waals surface area contributed by atoms with E-state index in [9.17, 15) is 9.59 Å². The van der Waals surface area contributed by atoms with Gasteiger partial charge >= 0.3 is 5.97 Å². The normalized spacial score (nSPS) is 14.9. The summed E-state index contributed by atoms with van der Waals surface area (Å²) in [5, 5.41) is 8.04. The molecule has 0 aliphatic carbocycles. The number of likely N-dealkylation sites (tertiary alicyclic amines) is 1. The van der Waals surface area contributed by atoms with Gasteiger partial charge in [-0.25, -0.2) is 9.48 Å². The summed E-state index contributed by atoms with van der Waals surface area (Å²) < 4.78 is 6.75. The van der Waals surface area contributed by atoms with Crippen LogP contribution in [-0.2, 0) is 20.9 Å². The molecule has 142 valence electrons. The van der Waals surface area contributed by atoms with Crippen molar-refractivity contribution in [3.8, 4) is 0 Å². The van der Waals surface area contributed by atoms with Gasteiger partial charge in [0.15, 0.2) is 6.61 Å². The van der Waals surface area contributed by atoms with Crippen LogP contribution < -0.4 is 0 Å². The van der Waals surface area contributed by atoms with E-state index in [1.807, 2.05) is 30.3 Å². The van der Waals surface area contributed by atoms with Gasteiger partial charge in [0, 0.05) is 19.2 Å². The van der Waals surface area contributed by atoms with Crippen molar-refractivity contribution in [2.45, 2.75) is 32.2 Å². The Morgan fingerprint density at radius 1 is 1.07 bits per heavy atom. The molecule has 0 radical (unpaired) electrons. The number of rotatable bonds is 6. The first kappa shape index (κ1) is 18.8. The summed E-state index contributed by atoms with van der Waals surface area (Å²) in [6.07, 6.45) is 8.88. The predicted octanol–water partition coefficient (Wildman–Crippen LogP) is 2.29. The topological polar surface area (TPSA) is 77.3 Å². The van der Waals surface area contributed by atoms with Crippen LogP contribution in [0.2, 0.25) is 0 Å². The van der Waals surface area contributed by atoms with Crippen molar-refractivity contribution in [2.75, 3.05) is 19.7 Å². The zero-order valence-corrected chi connectivity index (χ0v) is 15.3. The van der Waals surface area contributed by atoms with Crippen molar-refractivity contribution in [3.63, 3.8) is 0 Å². The number of carbonyl (C=O) groups is 2. The largest absolute Gasteiger partial charge is 0.452 e. The molecule has 27 heavy (non-hydrogen) atoms. The van der Waals surface area contributed by atoms with Crippen molar-refractivity contribution in [2.24, 2.45) is 0 Å². The van der Waals surface area contributed by atoms with Gasteiger partial charge < -0.3 is 9.64 Å². The molecule has 7 nitrogen and oxygen atoms in total. The minimum atomic E-state index is -0.559. The Morgan fingerprint density at radius 3 is 2.56 bits per heavy atom. The summed E-state index contributed by atoms with van der Waals surface area (Å²) in [6, 6.07) is 9.92. The average molecular weight is 368 g/mol. The lowest BCUT2D eigenvalue weighted by atomic mass is 10.2. The van der Waals surface area contributed by atoms with Crippen LogP contribution in [0.4, 0.5) is 0 Å². The Morgan fingerprint density at radius 2 is 1.81 bits per heavy atom. The van der Waals surface area contributed by atoms with Crippen molar-refractivity contribution in [1.82, 2.24) is 19.9 Å². The maximum absolute atomic E-state index is 12.1. The summed E-state index contributed by atoms with van der Waals surface area (Å²) in [7, 11) is 0. The molecule has 0 N–H and O–H groups in total. The maximum Gasteiger partial charge on any atom is 0.331 e. The number of nitrogens with zero attached hydrogens (tertiary/aromatic N) is 4. The van der Waals surface area contributed by atoms with Gasteiger partial charge in [-0.2, -0.15) is 0 Å². The van der Waals surface area contributed by atoms with E-state index < -0.39 is 5.97 Å². The second-order valence-corrected chi connectivity index (χ2v) is 6.56. The summed E-state index contributed by atoms with van der Waals surface area (Å²) in [5.74, 6) is -0.691. The van der Waals surface area contributed by atoms with E-state index in [-0.39, 0.29) is 12.5 Å². The van der Waals surface area contributed by atoms with Gasteiger partial charge in [-0.15, -0.1) is 5.10 Å². The Balaban J connectivity index is 1.45. The zero-order valence-electron chi connectivity index (χ0n) is 15.3. The molecule has 1 aromatic heterocycles. The van der Waals surface area contributed by atoms with Crippen LogP contribution in [0.5, 0.6) is 0 Å². The van der Waals surface area contributed by atoms with Crippen LogP contribution in [-0.4, -0.2) is 51.5 Å². The van der Waals surface area contributed by atoms with Crippen molar-refractivity contribution >= 4 is 18.0 Å². The number of hydrogen-bond acceptors (Lipinski definition) is 5. The molecular formula is C20H24N4O3. The van der Waals surface area contributed by atoms with Crippen LogP contribution in [0.3, 0.4) is 0 Å². The highest BCUT2D eigenvalue weighted by Crippen LogP contribution is 2.10. The second-order valence-electron chi connectivity index (χ2n) is 6.56. The molecule has 2 aromatic rings. The quantitative estimate of drug-likeness (QED) is 0.577. The highest BCUT2D eigenvalue weighted by atomic mass is 16.5. The van der Waals surface area contributed by atoms with Crippen LogP contribution in [0.15, 0.2) is 42.6 Å². The van der Waals surface area contributed by atoms with E-state index in [2.05, 4.69) is 10.3 Å². The van der Waals surface area contributed by atoms with E-state index in [0.717, 1.165) is 44.3 Å². The molecule has 0 atom stereocenters. The van der Waals surface area contributed by atoms with Crippen LogP contribution >= 0.6 is 0 Å². The molecule has 1 saturated heterocycles. The number of amides is 1. The lowest BCUT2D eigenvalue weighted by Gasteiger charge is -2.19. The highest BCUT2D eigenvalue weighted by Gasteiger charge is 2.16. The molecule has 0 unspecified atom stereocenters. The van der Waals surface area contributed by atoms with E-state index in [1.54, 1.807) is 15.8 Å². The Bertz CT molecular complexity index is 778. The van der Waals surface area contributed by atoms with Gasteiger partial charge in [0.2, 0.25) is 0 Å². The van der Waals surface area contributed by atoms with Crippen molar-refractivity contribution in [1.29, 1.82) is 0 Å². The van der Waals surface area contributed by atoms with E-state index in [0.29, 0.717) is 12.2 Å². The molecule has 1 aliphatic heterocycles. The molecule has 2 heterocycles. The Labute approximate surface area is 158 Å². The molecule has 3 rings (SSSR count). The molecule has 1 aromatic carbocycles. The summed E-state index contributed by atoms with van der Waals surface area (Å²) >= 11 is 0. The minimum Gasteiger partial charge on any atom is -0.452 e. The SMILES string of the molecule is O=C(/C=C/c1cn(Cc2ccccc2)nn1)OCC(=O)N1CCCCCC1. The Hall–Kier alpha value is -2.96. The molecule has 0 bridgehead atoms. The minimum absolute atomic E-state index is 0.132. The van der Waals surface area contributed by atoms with Crippen molar-refractivity contribution in [3.05, 3.63) is 53.9 Å². The number of ether oxygens (including phenoxy) is 1. The lowest BCUT2D eigenvalue weighted by Crippen LogP contribution is -2.35. The van der Waals surface area contributed by atoms with Gasteiger partial charge in [0.1, 0.15) is 5.69 Å². The first-order valence-corrected chi connectivity index (χ1v) is 9.27. The van der Waals surface area contributed by atoms with Gasteiger partial charge in [0.25, 0.3) is 5.91 Å². The maximum atomic E-state index is 12.1. The number of benzene rings is 1. The summed E-state index contributed by atoms with van der Waals surface area (Å²) in [4.78, 5) is 25.7. The first-order chi connectivity index (χ1) is 13.2. The third-order valence-corrected chi connectivity index (χ3v) is 4.43. The second kappa shape index (κ2) is 9.66. The molecular weight excluding hydrogens is 344 g/mol. The van der Waals surface area contributed by atoms with Gasteiger partial charge in [-0.05, 0) is 24.5 Å². The average Bonchev–Trinajstić information content (AvgIpc) is 2.95. The zero-order chi connectivity index (χ0) is 18.9. The fraction of sp³-hybridized carbons (Fsp3) is 0.400. The molecule has 1 fully saturated rings. The third kappa shape index (κ3) is 6.06. The molecule has 0 saturated carbocycles.